The minimum Gasteiger partial charge on any atom is -0.379 e. The second-order valence-electron chi connectivity index (χ2n) is 5.21. The maximum Gasteiger partial charge on any atom is 0.106 e. The molecule has 4 nitrogen and oxygen atoms in total. The number of anilines is 1. The van der Waals surface area contributed by atoms with E-state index in [0.717, 1.165) is 50.0 Å². The summed E-state index contributed by atoms with van der Waals surface area (Å²) in [6.45, 7) is 6.26. The van der Waals surface area contributed by atoms with Gasteiger partial charge in [0.2, 0.25) is 0 Å². The number of halogens is 1. The van der Waals surface area contributed by atoms with Crippen LogP contribution in [0.15, 0.2) is 22.9 Å². The Morgan fingerprint density at radius 3 is 2.47 bits per heavy atom. The zero-order valence-corrected chi connectivity index (χ0v) is 12.7. The first kappa shape index (κ1) is 13.3. The van der Waals surface area contributed by atoms with Crippen molar-refractivity contribution in [1.29, 1.82) is 0 Å². The van der Waals surface area contributed by atoms with Gasteiger partial charge in [0.25, 0.3) is 0 Å². The third-order valence-electron chi connectivity index (χ3n) is 4.10. The summed E-state index contributed by atoms with van der Waals surface area (Å²) >= 11 is 3.38. The summed E-state index contributed by atoms with van der Waals surface area (Å²) in [5.74, 6) is 0. The smallest absolute Gasteiger partial charge is 0.106 e. The average Bonchev–Trinajstić information content (AvgIpc) is 2.49. The molecule has 0 N–H and O–H groups in total. The van der Waals surface area contributed by atoms with E-state index in [1.54, 1.807) is 0 Å². The highest BCUT2D eigenvalue weighted by Crippen LogP contribution is 2.23. The number of piperidine rings is 1. The van der Waals surface area contributed by atoms with Crippen molar-refractivity contribution in [2.45, 2.75) is 18.9 Å². The molecule has 104 valence electrons. The fourth-order valence-corrected chi connectivity index (χ4v) is 3.22. The Morgan fingerprint density at radius 1 is 1.11 bits per heavy atom. The van der Waals surface area contributed by atoms with Crippen molar-refractivity contribution in [3.8, 4) is 0 Å². The Labute approximate surface area is 122 Å². The number of hydrogen-bond donors (Lipinski definition) is 0. The lowest BCUT2D eigenvalue weighted by Gasteiger charge is -2.40. The molecule has 0 amide bonds. The Hall–Kier alpha value is -0.650. The van der Waals surface area contributed by atoms with E-state index in [4.69, 9.17) is 4.74 Å². The standard InChI is InChI=1S/C14H20BrN3O/c15-14-2-1-13(11-16-14)17-5-3-12(4-6-17)18-7-9-19-10-8-18/h1-2,11-12H,3-10H2. The zero-order chi connectivity index (χ0) is 13.1. The van der Waals surface area contributed by atoms with Crippen LogP contribution in [0.2, 0.25) is 0 Å². The Balaban J connectivity index is 1.55. The lowest BCUT2D eigenvalue weighted by Crippen LogP contribution is -2.49. The van der Waals surface area contributed by atoms with Crippen LogP contribution in [-0.2, 0) is 4.74 Å². The maximum absolute atomic E-state index is 5.43. The van der Waals surface area contributed by atoms with E-state index in [0.29, 0.717) is 0 Å². The fourth-order valence-electron chi connectivity index (χ4n) is 2.99. The number of pyridine rings is 1. The molecule has 2 aliphatic heterocycles. The van der Waals surface area contributed by atoms with E-state index < -0.39 is 0 Å². The van der Waals surface area contributed by atoms with Gasteiger partial charge in [0.1, 0.15) is 4.60 Å². The Bertz CT molecular complexity index is 398. The molecular formula is C14H20BrN3O. The summed E-state index contributed by atoms with van der Waals surface area (Å²) in [7, 11) is 0. The minimum absolute atomic E-state index is 0.739. The third-order valence-corrected chi connectivity index (χ3v) is 4.57. The van der Waals surface area contributed by atoms with Gasteiger partial charge in [-0.2, -0.15) is 0 Å². The van der Waals surface area contributed by atoms with E-state index in [9.17, 15) is 0 Å². The van der Waals surface area contributed by atoms with E-state index in [1.807, 2.05) is 12.3 Å². The molecule has 2 aliphatic rings. The molecule has 0 saturated carbocycles. The number of rotatable bonds is 2. The molecule has 0 aromatic carbocycles. The van der Waals surface area contributed by atoms with Crippen molar-refractivity contribution in [3.05, 3.63) is 22.9 Å². The molecule has 0 radical (unpaired) electrons. The summed E-state index contributed by atoms with van der Waals surface area (Å²) in [5, 5.41) is 0. The lowest BCUT2D eigenvalue weighted by atomic mass is 10.0. The molecule has 2 saturated heterocycles. The van der Waals surface area contributed by atoms with Crippen molar-refractivity contribution in [2.75, 3.05) is 44.3 Å². The van der Waals surface area contributed by atoms with Crippen LogP contribution in [0, 0.1) is 0 Å². The highest BCUT2D eigenvalue weighted by Gasteiger charge is 2.25. The van der Waals surface area contributed by atoms with E-state index in [2.05, 4.69) is 36.8 Å². The summed E-state index contributed by atoms with van der Waals surface area (Å²) < 4.78 is 6.33. The molecule has 5 heteroatoms. The molecule has 0 bridgehead atoms. The van der Waals surface area contributed by atoms with Crippen LogP contribution in [0.1, 0.15) is 12.8 Å². The Kier molecular flexibility index (Phi) is 4.35. The van der Waals surface area contributed by atoms with Crippen LogP contribution in [0.4, 0.5) is 5.69 Å². The third kappa shape index (κ3) is 3.27. The molecule has 0 atom stereocenters. The number of nitrogens with zero attached hydrogens (tertiary/aromatic N) is 3. The quantitative estimate of drug-likeness (QED) is 0.779. The second kappa shape index (κ2) is 6.20. The van der Waals surface area contributed by atoms with Crippen molar-refractivity contribution >= 4 is 21.6 Å². The monoisotopic (exact) mass is 325 g/mol. The zero-order valence-electron chi connectivity index (χ0n) is 11.1. The molecule has 3 heterocycles. The van der Waals surface area contributed by atoms with E-state index in [-0.39, 0.29) is 0 Å². The number of hydrogen-bond acceptors (Lipinski definition) is 4. The van der Waals surface area contributed by atoms with Gasteiger partial charge < -0.3 is 9.64 Å². The molecule has 1 aromatic heterocycles. The topological polar surface area (TPSA) is 28.6 Å². The van der Waals surface area contributed by atoms with Gasteiger partial charge in [0, 0.05) is 32.2 Å². The summed E-state index contributed by atoms with van der Waals surface area (Å²) in [6.07, 6.45) is 4.45. The van der Waals surface area contributed by atoms with Crippen LogP contribution in [0.5, 0.6) is 0 Å². The summed E-state index contributed by atoms with van der Waals surface area (Å²) in [4.78, 5) is 9.35. The fraction of sp³-hybridized carbons (Fsp3) is 0.643. The van der Waals surface area contributed by atoms with Gasteiger partial charge in [-0.05, 0) is 40.9 Å². The van der Waals surface area contributed by atoms with Crippen LogP contribution >= 0.6 is 15.9 Å². The van der Waals surface area contributed by atoms with Crippen molar-refractivity contribution in [1.82, 2.24) is 9.88 Å². The number of ether oxygens (including phenoxy) is 1. The van der Waals surface area contributed by atoms with Crippen LogP contribution < -0.4 is 4.90 Å². The van der Waals surface area contributed by atoms with Gasteiger partial charge in [-0.15, -0.1) is 0 Å². The van der Waals surface area contributed by atoms with Crippen molar-refractivity contribution < 1.29 is 4.74 Å². The first-order valence-corrected chi connectivity index (χ1v) is 7.80. The van der Waals surface area contributed by atoms with Crippen molar-refractivity contribution in [3.63, 3.8) is 0 Å². The molecular weight excluding hydrogens is 306 g/mol. The van der Waals surface area contributed by atoms with Gasteiger partial charge in [-0.25, -0.2) is 4.98 Å². The predicted molar refractivity (Wildman–Crippen MR) is 79.6 cm³/mol. The molecule has 0 unspecified atom stereocenters. The van der Waals surface area contributed by atoms with Crippen molar-refractivity contribution in [2.24, 2.45) is 0 Å². The average molecular weight is 326 g/mol. The highest BCUT2D eigenvalue weighted by molar-refractivity contribution is 9.10. The van der Waals surface area contributed by atoms with E-state index in [1.165, 1.54) is 18.5 Å². The number of aromatic nitrogens is 1. The first-order valence-electron chi connectivity index (χ1n) is 7.01. The molecule has 19 heavy (non-hydrogen) atoms. The second-order valence-corrected chi connectivity index (χ2v) is 6.02. The minimum atomic E-state index is 0.739. The van der Waals surface area contributed by atoms with E-state index >= 15 is 0 Å². The highest BCUT2D eigenvalue weighted by atomic mass is 79.9. The van der Waals surface area contributed by atoms with Gasteiger partial charge in [-0.3, -0.25) is 4.90 Å². The lowest BCUT2D eigenvalue weighted by molar-refractivity contribution is 0.0115. The normalized spacial score (nSPS) is 22.7. The molecule has 0 spiro atoms. The predicted octanol–water partition coefficient (Wildman–Crippen LogP) is 2.15. The molecule has 3 rings (SSSR count). The van der Waals surface area contributed by atoms with Crippen LogP contribution in [-0.4, -0.2) is 55.3 Å². The van der Waals surface area contributed by atoms with Gasteiger partial charge in [0.05, 0.1) is 25.1 Å². The van der Waals surface area contributed by atoms with Gasteiger partial charge in [-0.1, -0.05) is 0 Å². The first-order chi connectivity index (χ1) is 9.33. The molecule has 2 fully saturated rings. The van der Waals surface area contributed by atoms with Gasteiger partial charge in [0.15, 0.2) is 0 Å². The van der Waals surface area contributed by atoms with Crippen LogP contribution in [0.25, 0.3) is 0 Å². The van der Waals surface area contributed by atoms with Gasteiger partial charge >= 0.3 is 0 Å². The summed E-state index contributed by atoms with van der Waals surface area (Å²) in [5.41, 5.74) is 1.24. The SMILES string of the molecule is Brc1ccc(N2CCC(N3CCOCC3)CC2)cn1. The molecule has 1 aromatic rings. The Morgan fingerprint density at radius 2 is 1.84 bits per heavy atom. The maximum atomic E-state index is 5.43. The van der Waals surface area contributed by atoms with Crippen LogP contribution in [0.3, 0.4) is 0 Å². The summed E-state index contributed by atoms with van der Waals surface area (Å²) in [6, 6.07) is 4.90. The number of morpholine rings is 1. The molecule has 0 aliphatic carbocycles. The largest absolute Gasteiger partial charge is 0.379 e.